The molecule has 0 aromatic heterocycles. The van der Waals surface area contributed by atoms with Gasteiger partial charge in [0.25, 0.3) is 0 Å². The Labute approximate surface area is 447 Å². The second-order valence-corrected chi connectivity index (χ2v) is 19.9. The van der Waals surface area contributed by atoms with E-state index in [0.717, 1.165) is 44.9 Å². The Morgan fingerprint density at radius 2 is 0.829 bits per heavy atom. The van der Waals surface area contributed by atoms with Crippen LogP contribution >= 0.6 is 0 Å². The minimum Gasteiger partial charge on any atom is -0.310 e. The molecule has 0 bridgehead atoms. The molecule has 0 unspecified atom stereocenters. The number of rotatable bonds is 12. The van der Waals surface area contributed by atoms with E-state index in [0.29, 0.717) is 0 Å². The van der Waals surface area contributed by atoms with Crippen molar-refractivity contribution in [2.45, 2.75) is 17.8 Å². The molecule has 0 heterocycles. The van der Waals surface area contributed by atoms with Crippen molar-refractivity contribution in [1.82, 2.24) is 0 Å². The number of fused-ring (bicyclic) bond motifs is 6. The van der Waals surface area contributed by atoms with E-state index < -0.39 is 10.8 Å². The van der Waals surface area contributed by atoms with Crippen molar-refractivity contribution in [3.8, 4) is 44.5 Å². The number of benzene rings is 11. The maximum absolute atomic E-state index is 4.64. The molecule has 0 aliphatic heterocycles. The summed E-state index contributed by atoms with van der Waals surface area (Å²) in [5.74, 6) is 0. The first kappa shape index (κ1) is 46.2. The molecular weight excluding hydrogens is 915 g/mol. The first-order chi connectivity index (χ1) is 37.6. The van der Waals surface area contributed by atoms with Gasteiger partial charge >= 0.3 is 0 Å². The summed E-state index contributed by atoms with van der Waals surface area (Å²) in [7, 11) is 0. The Kier molecular flexibility index (Phi) is 11.8. The van der Waals surface area contributed by atoms with Gasteiger partial charge in [-0.3, -0.25) is 0 Å². The zero-order valence-electron chi connectivity index (χ0n) is 42.5. The summed E-state index contributed by atoms with van der Waals surface area (Å²) in [5, 5.41) is 0. The number of nitrogens with zero attached hydrogens (tertiary/aromatic N) is 1. The molecular formula is C75H55N. The summed E-state index contributed by atoms with van der Waals surface area (Å²) in [4.78, 5) is 2.49. The minimum absolute atomic E-state index is 0.493. The normalized spacial score (nSPS) is 13.5. The molecule has 13 rings (SSSR count). The van der Waals surface area contributed by atoms with Gasteiger partial charge in [0.2, 0.25) is 0 Å². The summed E-state index contributed by atoms with van der Waals surface area (Å²) in [6.07, 6.45) is 8.28. The molecule has 0 spiro atoms. The topological polar surface area (TPSA) is 3.24 Å². The second-order valence-electron chi connectivity index (χ2n) is 19.9. The van der Waals surface area contributed by atoms with E-state index in [1.54, 1.807) is 0 Å². The fraction of sp³-hybridized carbons (Fsp3) is 0.0400. The predicted octanol–water partition coefficient (Wildman–Crippen LogP) is 19.4. The van der Waals surface area contributed by atoms with Crippen LogP contribution in [0.25, 0.3) is 50.1 Å². The zero-order chi connectivity index (χ0) is 51.1. The van der Waals surface area contributed by atoms with Crippen LogP contribution in [0.1, 0.15) is 57.0 Å². The van der Waals surface area contributed by atoms with Gasteiger partial charge in [0.15, 0.2) is 0 Å². The van der Waals surface area contributed by atoms with Gasteiger partial charge in [0.1, 0.15) is 0 Å². The third-order valence-corrected chi connectivity index (χ3v) is 15.9. The Morgan fingerprint density at radius 1 is 0.355 bits per heavy atom. The number of hydrogen-bond acceptors (Lipinski definition) is 1. The number of anilines is 3. The van der Waals surface area contributed by atoms with E-state index >= 15 is 0 Å². The summed E-state index contributed by atoms with van der Waals surface area (Å²) in [6, 6.07) is 103. The van der Waals surface area contributed by atoms with Crippen molar-refractivity contribution in [2.75, 3.05) is 4.90 Å². The van der Waals surface area contributed by atoms with Gasteiger partial charge < -0.3 is 4.90 Å². The Balaban J connectivity index is 1.03. The van der Waals surface area contributed by atoms with E-state index in [-0.39, 0.29) is 0 Å². The van der Waals surface area contributed by atoms with Crippen LogP contribution in [0.4, 0.5) is 17.1 Å². The van der Waals surface area contributed by atoms with E-state index in [1.807, 2.05) is 13.0 Å². The van der Waals surface area contributed by atoms with Crippen LogP contribution in [-0.2, 0) is 10.8 Å². The highest BCUT2D eigenvalue weighted by Crippen LogP contribution is 2.60. The number of hydrogen-bond donors (Lipinski definition) is 0. The summed E-state index contributed by atoms with van der Waals surface area (Å²) in [6.45, 7) is 6.68. The van der Waals surface area contributed by atoms with E-state index in [9.17, 15) is 0 Å². The molecule has 360 valence electrons. The summed E-state index contributed by atoms with van der Waals surface area (Å²) < 4.78 is 0. The van der Waals surface area contributed by atoms with Crippen LogP contribution in [0.5, 0.6) is 0 Å². The lowest BCUT2D eigenvalue weighted by Crippen LogP contribution is -2.28. The molecule has 0 N–H and O–H groups in total. The van der Waals surface area contributed by atoms with Gasteiger partial charge in [-0.05, 0) is 144 Å². The lowest BCUT2D eigenvalue weighted by Gasteiger charge is -2.34. The average Bonchev–Trinajstić information content (AvgIpc) is 4.12. The van der Waals surface area contributed by atoms with Crippen LogP contribution in [0, 0.1) is 0 Å². The zero-order valence-corrected chi connectivity index (χ0v) is 42.5. The van der Waals surface area contributed by atoms with Gasteiger partial charge in [-0.1, -0.05) is 267 Å². The standard InChI is InChI=1S/C75H55N/c1-3-4-10-26-53(2)57-49-58(54-27-11-5-12-28-54)51-64(50-57)76(72-42-25-41-70-73(72)67-38-22-24-40-69(67)74(70,59-29-13-6-14-30-59)60-31-15-7-16-32-60)63-46-43-55(44-47-63)56-45-48-66-65-37-21-23-39-68(65)75(71(66)52-56,61-33-17-8-18-34-61)62-35-19-9-20-36-62/h3-52H,2H2,1H3/b4-3-,26-10-. The Morgan fingerprint density at radius 3 is 1.42 bits per heavy atom. The SMILES string of the molecule is C=C(/C=C\C=C/C)c1cc(-c2ccccc2)cc(N(c2ccc(-c3ccc4c(c3)C(c3ccccc3)(c3ccccc3)c3ccccc3-4)cc2)c2cccc3c2-c2ccccc2C3(c2ccccc2)c2ccccc2)c1. The lowest BCUT2D eigenvalue weighted by molar-refractivity contribution is 0.768. The monoisotopic (exact) mass is 969 g/mol. The molecule has 0 fully saturated rings. The van der Waals surface area contributed by atoms with Crippen LogP contribution < -0.4 is 4.90 Å². The Hall–Kier alpha value is -9.56. The maximum atomic E-state index is 4.64. The van der Waals surface area contributed by atoms with Gasteiger partial charge in [0.05, 0.1) is 16.5 Å². The van der Waals surface area contributed by atoms with Crippen molar-refractivity contribution in [1.29, 1.82) is 0 Å². The van der Waals surface area contributed by atoms with Crippen LogP contribution in [0.3, 0.4) is 0 Å². The van der Waals surface area contributed by atoms with Crippen molar-refractivity contribution < 1.29 is 0 Å². The van der Waals surface area contributed by atoms with Crippen molar-refractivity contribution in [3.05, 3.63) is 360 Å². The first-order valence-electron chi connectivity index (χ1n) is 26.4. The van der Waals surface area contributed by atoms with E-state index in [4.69, 9.17) is 0 Å². The van der Waals surface area contributed by atoms with Crippen molar-refractivity contribution in [3.63, 3.8) is 0 Å². The summed E-state index contributed by atoms with van der Waals surface area (Å²) >= 11 is 0. The molecule has 11 aromatic carbocycles. The minimum atomic E-state index is -0.565. The quantitative estimate of drug-likeness (QED) is 0.110. The molecule has 11 aromatic rings. The average molecular weight is 970 g/mol. The number of allylic oxidation sites excluding steroid dienone is 5. The van der Waals surface area contributed by atoms with Crippen LogP contribution in [-0.4, -0.2) is 0 Å². The second kappa shape index (κ2) is 19.4. The maximum Gasteiger partial charge on any atom is 0.0714 e. The summed E-state index contributed by atoms with van der Waals surface area (Å²) in [5.41, 5.74) is 23.8. The molecule has 0 saturated carbocycles. The molecule has 2 aliphatic carbocycles. The van der Waals surface area contributed by atoms with Gasteiger partial charge in [-0.15, -0.1) is 0 Å². The molecule has 1 heteroatoms. The highest BCUT2D eigenvalue weighted by atomic mass is 15.1. The molecule has 0 amide bonds. The van der Waals surface area contributed by atoms with E-state index in [2.05, 4.69) is 309 Å². The smallest absolute Gasteiger partial charge is 0.0714 e. The fourth-order valence-corrected chi connectivity index (χ4v) is 12.6. The van der Waals surface area contributed by atoms with Crippen molar-refractivity contribution >= 4 is 22.6 Å². The molecule has 76 heavy (non-hydrogen) atoms. The van der Waals surface area contributed by atoms with Crippen LogP contribution in [0.2, 0.25) is 0 Å². The van der Waals surface area contributed by atoms with Crippen molar-refractivity contribution in [2.24, 2.45) is 0 Å². The molecule has 0 radical (unpaired) electrons. The predicted molar refractivity (Wildman–Crippen MR) is 320 cm³/mol. The highest BCUT2D eigenvalue weighted by molar-refractivity contribution is 5.99. The van der Waals surface area contributed by atoms with Crippen LogP contribution in [0.15, 0.2) is 310 Å². The largest absolute Gasteiger partial charge is 0.310 e. The van der Waals surface area contributed by atoms with Gasteiger partial charge in [-0.25, -0.2) is 0 Å². The van der Waals surface area contributed by atoms with Gasteiger partial charge in [-0.2, -0.15) is 0 Å². The fourth-order valence-electron chi connectivity index (χ4n) is 12.6. The highest BCUT2D eigenvalue weighted by Gasteiger charge is 2.48. The Bertz CT molecular complexity index is 3900. The third kappa shape index (κ3) is 7.46. The molecule has 1 nitrogen and oxygen atoms in total. The van der Waals surface area contributed by atoms with Gasteiger partial charge in [0, 0.05) is 16.9 Å². The first-order valence-corrected chi connectivity index (χ1v) is 26.4. The molecule has 0 saturated heterocycles. The molecule has 2 aliphatic rings. The van der Waals surface area contributed by atoms with E-state index in [1.165, 1.54) is 72.3 Å². The lowest BCUT2D eigenvalue weighted by atomic mass is 9.67. The molecule has 0 atom stereocenters. The third-order valence-electron chi connectivity index (χ3n) is 15.9.